The summed E-state index contributed by atoms with van der Waals surface area (Å²) >= 11 is 0. The van der Waals surface area contributed by atoms with E-state index in [1.165, 1.54) is 6.92 Å². The van der Waals surface area contributed by atoms with Crippen LogP contribution in [0.2, 0.25) is 0 Å². The van der Waals surface area contributed by atoms with Gasteiger partial charge in [0.15, 0.2) is 0 Å². The lowest BCUT2D eigenvalue weighted by Gasteiger charge is -2.29. The lowest BCUT2D eigenvalue weighted by Crippen LogP contribution is -2.43. The van der Waals surface area contributed by atoms with E-state index in [0.29, 0.717) is 5.56 Å². The van der Waals surface area contributed by atoms with E-state index in [4.69, 9.17) is 4.74 Å². The summed E-state index contributed by atoms with van der Waals surface area (Å²) in [6, 6.07) is 8.64. The molecule has 0 aromatic heterocycles. The Bertz CT molecular complexity index is 542. The number of esters is 1. The fourth-order valence-electron chi connectivity index (χ4n) is 2.80. The number of Topliss-reactive ketones (excluding diaryl/α,β-unsaturated/α-hetero) is 1. The number of rotatable bonds is 5. The van der Waals surface area contributed by atoms with Crippen LogP contribution in [0, 0.1) is 15.5 Å². The van der Waals surface area contributed by atoms with Crippen molar-refractivity contribution < 1.29 is 19.2 Å². The molecule has 6 heteroatoms. The third-order valence-corrected chi connectivity index (χ3v) is 3.85. The quantitative estimate of drug-likeness (QED) is 0.353. The van der Waals surface area contributed by atoms with E-state index in [-0.39, 0.29) is 18.8 Å². The highest BCUT2D eigenvalue weighted by Crippen LogP contribution is 2.44. The highest BCUT2D eigenvalue weighted by Gasteiger charge is 2.56. The van der Waals surface area contributed by atoms with Crippen LogP contribution in [0.1, 0.15) is 24.8 Å². The standard InChI is InChI=1S/C14H15NO5/c1-10(16)14(7-8-20-13(14)17)12(9-15(18)19)11-5-3-2-4-6-11/h2-6,12H,7-9H2,1H3/t12?,14-/m1/s1. The summed E-state index contributed by atoms with van der Waals surface area (Å²) in [6.07, 6.45) is 0.189. The second-order valence-electron chi connectivity index (χ2n) is 4.89. The van der Waals surface area contributed by atoms with E-state index in [9.17, 15) is 19.7 Å². The Balaban J connectivity index is 2.52. The zero-order valence-corrected chi connectivity index (χ0v) is 11.1. The lowest BCUT2D eigenvalue weighted by molar-refractivity contribution is -0.485. The second kappa shape index (κ2) is 5.40. The molecule has 0 aliphatic carbocycles. The molecule has 1 heterocycles. The Morgan fingerprint density at radius 3 is 2.55 bits per heavy atom. The summed E-state index contributed by atoms with van der Waals surface area (Å²) < 4.78 is 4.93. The molecule has 1 aromatic carbocycles. The van der Waals surface area contributed by atoms with Crippen molar-refractivity contribution in [2.24, 2.45) is 5.41 Å². The predicted octanol–water partition coefficient (Wildman–Crippen LogP) is 1.57. The molecule has 1 aliphatic rings. The van der Waals surface area contributed by atoms with Crippen molar-refractivity contribution in [2.75, 3.05) is 13.2 Å². The first kappa shape index (κ1) is 14.2. The molecule has 0 bridgehead atoms. The minimum atomic E-state index is -1.44. The van der Waals surface area contributed by atoms with Crippen LogP contribution < -0.4 is 0 Å². The van der Waals surface area contributed by atoms with Gasteiger partial charge in [0.2, 0.25) is 6.54 Å². The van der Waals surface area contributed by atoms with Crippen LogP contribution >= 0.6 is 0 Å². The van der Waals surface area contributed by atoms with Gasteiger partial charge in [-0.05, 0) is 12.5 Å². The van der Waals surface area contributed by atoms with Crippen LogP contribution in [0.3, 0.4) is 0 Å². The predicted molar refractivity (Wildman–Crippen MR) is 69.7 cm³/mol. The van der Waals surface area contributed by atoms with Crippen molar-refractivity contribution in [3.63, 3.8) is 0 Å². The van der Waals surface area contributed by atoms with E-state index in [2.05, 4.69) is 0 Å². The minimum Gasteiger partial charge on any atom is -0.465 e. The van der Waals surface area contributed by atoms with Crippen molar-refractivity contribution in [1.29, 1.82) is 0 Å². The highest BCUT2D eigenvalue weighted by molar-refractivity contribution is 6.04. The van der Waals surface area contributed by atoms with Crippen molar-refractivity contribution in [3.05, 3.63) is 46.0 Å². The van der Waals surface area contributed by atoms with E-state index >= 15 is 0 Å². The molecule has 2 atom stereocenters. The maximum atomic E-state index is 12.1. The molecule has 1 fully saturated rings. The summed E-state index contributed by atoms with van der Waals surface area (Å²) in [7, 11) is 0. The monoisotopic (exact) mass is 277 g/mol. The number of ketones is 1. The molecular weight excluding hydrogens is 262 g/mol. The Morgan fingerprint density at radius 2 is 2.10 bits per heavy atom. The van der Waals surface area contributed by atoms with Crippen molar-refractivity contribution in [2.45, 2.75) is 19.3 Å². The van der Waals surface area contributed by atoms with Gasteiger partial charge in [0.05, 0.1) is 12.5 Å². The summed E-state index contributed by atoms with van der Waals surface area (Å²) in [5.74, 6) is -1.83. The molecular formula is C14H15NO5. The molecule has 1 aromatic rings. The molecule has 1 unspecified atom stereocenters. The van der Waals surface area contributed by atoms with Gasteiger partial charge in [0, 0.05) is 11.3 Å². The summed E-state index contributed by atoms with van der Waals surface area (Å²) in [4.78, 5) is 34.6. The first-order valence-electron chi connectivity index (χ1n) is 6.33. The maximum Gasteiger partial charge on any atom is 0.320 e. The Kier molecular flexibility index (Phi) is 3.83. The lowest BCUT2D eigenvalue weighted by atomic mass is 9.68. The average molecular weight is 277 g/mol. The van der Waals surface area contributed by atoms with Crippen molar-refractivity contribution in [1.82, 2.24) is 0 Å². The number of nitro groups is 1. The molecule has 1 aliphatic heterocycles. The Labute approximate surface area is 115 Å². The first-order valence-corrected chi connectivity index (χ1v) is 6.33. The molecule has 1 saturated heterocycles. The summed E-state index contributed by atoms with van der Waals surface area (Å²) in [5.41, 5.74) is -0.827. The molecule has 6 nitrogen and oxygen atoms in total. The zero-order valence-electron chi connectivity index (χ0n) is 11.1. The fraction of sp³-hybridized carbons (Fsp3) is 0.429. The first-order chi connectivity index (χ1) is 9.48. The van der Waals surface area contributed by atoms with Gasteiger partial charge >= 0.3 is 5.97 Å². The number of hydrogen-bond acceptors (Lipinski definition) is 5. The SMILES string of the molecule is CC(=O)[C@@]1(C(C[N+](=O)[O-])c2ccccc2)CCOC1=O. The van der Waals surface area contributed by atoms with Gasteiger partial charge in [-0.25, -0.2) is 0 Å². The summed E-state index contributed by atoms with van der Waals surface area (Å²) in [5, 5.41) is 11.0. The average Bonchev–Trinajstić information content (AvgIpc) is 2.79. The number of benzene rings is 1. The maximum absolute atomic E-state index is 12.1. The van der Waals surface area contributed by atoms with E-state index in [1.807, 2.05) is 0 Å². The van der Waals surface area contributed by atoms with Gasteiger partial charge in [-0.3, -0.25) is 19.7 Å². The molecule has 0 amide bonds. The number of ether oxygens (including phenoxy) is 1. The molecule has 0 spiro atoms. The topological polar surface area (TPSA) is 86.5 Å². The molecule has 2 rings (SSSR count). The van der Waals surface area contributed by atoms with Gasteiger partial charge in [0.1, 0.15) is 11.2 Å². The zero-order chi connectivity index (χ0) is 14.8. The smallest absolute Gasteiger partial charge is 0.320 e. The van der Waals surface area contributed by atoms with Crippen molar-refractivity contribution >= 4 is 11.8 Å². The second-order valence-corrected chi connectivity index (χ2v) is 4.89. The van der Waals surface area contributed by atoms with Crippen LogP contribution in [0.15, 0.2) is 30.3 Å². The summed E-state index contributed by atoms with van der Waals surface area (Å²) in [6.45, 7) is 0.945. The number of hydrogen-bond donors (Lipinski definition) is 0. The van der Waals surface area contributed by atoms with Crippen LogP contribution in [-0.4, -0.2) is 29.8 Å². The minimum absolute atomic E-state index is 0.124. The number of carbonyl (C=O) groups excluding carboxylic acids is 2. The number of carbonyl (C=O) groups is 2. The fourth-order valence-corrected chi connectivity index (χ4v) is 2.80. The number of cyclic esters (lactones) is 1. The van der Waals surface area contributed by atoms with Gasteiger partial charge in [0.25, 0.3) is 0 Å². The van der Waals surface area contributed by atoms with E-state index < -0.39 is 28.8 Å². The van der Waals surface area contributed by atoms with Crippen LogP contribution in [-0.2, 0) is 14.3 Å². The molecule has 106 valence electrons. The van der Waals surface area contributed by atoms with Gasteiger partial charge in [-0.2, -0.15) is 0 Å². The third-order valence-electron chi connectivity index (χ3n) is 3.85. The molecule has 0 saturated carbocycles. The van der Waals surface area contributed by atoms with Gasteiger partial charge in [-0.1, -0.05) is 30.3 Å². The van der Waals surface area contributed by atoms with E-state index in [0.717, 1.165) is 0 Å². The number of nitrogens with zero attached hydrogens (tertiary/aromatic N) is 1. The van der Waals surface area contributed by atoms with Crippen LogP contribution in [0.25, 0.3) is 0 Å². The Morgan fingerprint density at radius 1 is 1.45 bits per heavy atom. The Hall–Kier alpha value is -2.24. The largest absolute Gasteiger partial charge is 0.465 e. The molecule has 0 N–H and O–H groups in total. The third kappa shape index (κ3) is 2.29. The molecule has 20 heavy (non-hydrogen) atoms. The highest BCUT2D eigenvalue weighted by atomic mass is 16.6. The molecule has 0 radical (unpaired) electrons. The van der Waals surface area contributed by atoms with Crippen molar-refractivity contribution in [3.8, 4) is 0 Å². The van der Waals surface area contributed by atoms with Crippen LogP contribution in [0.5, 0.6) is 0 Å². The van der Waals surface area contributed by atoms with Gasteiger partial charge < -0.3 is 4.74 Å². The van der Waals surface area contributed by atoms with Crippen LogP contribution in [0.4, 0.5) is 0 Å². The van der Waals surface area contributed by atoms with Gasteiger partial charge in [-0.15, -0.1) is 0 Å². The normalized spacial score (nSPS) is 23.1. The van der Waals surface area contributed by atoms with E-state index in [1.54, 1.807) is 30.3 Å².